The molecule has 2 N–H and O–H groups in total. The Labute approximate surface area is 147 Å². The Kier molecular flexibility index (Phi) is 5.67. The summed E-state index contributed by atoms with van der Waals surface area (Å²) >= 11 is 0. The van der Waals surface area contributed by atoms with E-state index in [1.807, 2.05) is 84.9 Å². The van der Waals surface area contributed by atoms with E-state index >= 15 is 0 Å². The monoisotopic (exact) mass is 332 g/mol. The van der Waals surface area contributed by atoms with Crippen molar-refractivity contribution in [2.75, 3.05) is 17.2 Å². The first-order chi connectivity index (χ1) is 12.3. The van der Waals surface area contributed by atoms with Crippen LogP contribution in [0.3, 0.4) is 0 Å². The number of rotatable bonds is 7. The predicted octanol–water partition coefficient (Wildman–Crippen LogP) is 4.32. The third kappa shape index (κ3) is 5.11. The zero-order chi connectivity index (χ0) is 17.3. The smallest absolute Gasteiger partial charge is 0.243 e. The van der Waals surface area contributed by atoms with Crippen molar-refractivity contribution in [2.24, 2.45) is 0 Å². The van der Waals surface area contributed by atoms with Crippen molar-refractivity contribution in [3.63, 3.8) is 0 Å². The SMILES string of the molecule is O=C(CNc1ccccc1)Nc1ccccc1OCc1ccccc1. The summed E-state index contributed by atoms with van der Waals surface area (Å²) in [5.41, 5.74) is 2.65. The van der Waals surface area contributed by atoms with Crippen LogP contribution in [-0.2, 0) is 11.4 Å². The van der Waals surface area contributed by atoms with Gasteiger partial charge in [-0.25, -0.2) is 0 Å². The lowest BCUT2D eigenvalue weighted by Crippen LogP contribution is -2.22. The Morgan fingerprint density at radius 1 is 0.800 bits per heavy atom. The van der Waals surface area contributed by atoms with Crippen molar-refractivity contribution in [1.82, 2.24) is 0 Å². The van der Waals surface area contributed by atoms with Gasteiger partial charge >= 0.3 is 0 Å². The molecule has 0 aliphatic carbocycles. The average molecular weight is 332 g/mol. The van der Waals surface area contributed by atoms with E-state index in [0.29, 0.717) is 18.0 Å². The summed E-state index contributed by atoms with van der Waals surface area (Å²) in [6.45, 7) is 0.646. The van der Waals surface area contributed by atoms with Crippen molar-refractivity contribution in [2.45, 2.75) is 6.61 Å². The molecular formula is C21H20N2O2. The van der Waals surface area contributed by atoms with Crippen molar-refractivity contribution >= 4 is 17.3 Å². The Balaban J connectivity index is 1.57. The van der Waals surface area contributed by atoms with Gasteiger partial charge in [0.15, 0.2) is 0 Å². The molecule has 25 heavy (non-hydrogen) atoms. The molecule has 0 radical (unpaired) electrons. The molecular weight excluding hydrogens is 312 g/mol. The number of nitrogens with one attached hydrogen (secondary N) is 2. The molecule has 0 aromatic heterocycles. The number of anilines is 2. The fourth-order valence-corrected chi connectivity index (χ4v) is 2.36. The quantitative estimate of drug-likeness (QED) is 0.677. The molecule has 0 atom stereocenters. The molecule has 0 spiro atoms. The van der Waals surface area contributed by atoms with Gasteiger partial charge in [-0.3, -0.25) is 4.79 Å². The van der Waals surface area contributed by atoms with Crippen molar-refractivity contribution in [3.05, 3.63) is 90.5 Å². The second kappa shape index (κ2) is 8.55. The van der Waals surface area contributed by atoms with Crippen LogP contribution in [-0.4, -0.2) is 12.5 Å². The minimum Gasteiger partial charge on any atom is -0.487 e. The molecule has 0 aliphatic rings. The number of amides is 1. The van der Waals surface area contributed by atoms with Crippen molar-refractivity contribution < 1.29 is 9.53 Å². The second-order valence-electron chi connectivity index (χ2n) is 5.54. The van der Waals surface area contributed by atoms with Gasteiger partial charge in [0.1, 0.15) is 12.4 Å². The summed E-state index contributed by atoms with van der Waals surface area (Å²) in [4.78, 5) is 12.2. The van der Waals surface area contributed by atoms with E-state index < -0.39 is 0 Å². The molecule has 126 valence electrons. The molecule has 0 saturated heterocycles. The highest BCUT2D eigenvalue weighted by Crippen LogP contribution is 2.24. The maximum absolute atomic E-state index is 12.2. The van der Waals surface area contributed by atoms with Gasteiger partial charge in [0.25, 0.3) is 0 Å². The maximum Gasteiger partial charge on any atom is 0.243 e. The fourth-order valence-electron chi connectivity index (χ4n) is 2.36. The number of ether oxygens (including phenoxy) is 1. The van der Waals surface area contributed by atoms with Crippen molar-refractivity contribution in [3.8, 4) is 5.75 Å². The minimum atomic E-state index is -0.125. The molecule has 0 unspecified atom stereocenters. The van der Waals surface area contributed by atoms with E-state index in [0.717, 1.165) is 11.3 Å². The maximum atomic E-state index is 12.2. The third-order valence-corrected chi connectivity index (χ3v) is 3.63. The van der Waals surface area contributed by atoms with E-state index in [9.17, 15) is 4.79 Å². The van der Waals surface area contributed by atoms with Gasteiger partial charge in [-0.05, 0) is 29.8 Å². The molecule has 0 bridgehead atoms. The number of carbonyl (C=O) groups excluding carboxylic acids is 1. The Morgan fingerprint density at radius 2 is 1.44 bits per heavy atom. The molecule has 0 aliphatic heterocycles. The first kappa shape index (κ1) is 16.6. The fraction of sp³-hybridized carbons (Fsp3) is 0.0952. The third-order valence-electron chi connectivity index (χ3n) is 3.63. The highest BCUT2D eigenvalue weighted by molar-refractivity contribution is 5.95. The van der Waals surface area contributed by atoms with Crippen LogP contribution in [0.4, 0.5) is 11.4 Å². The standard InChI is InChI=1S/C21H20N2O2/c24-21(15-22-18-11-5-2-6-12-18)23-19-13-7-8-14-20(19)25-16-17-9-3-1-4-10-17/h1-14,22H,15-16H2,(H,23,24). The van der Waals surface area contributed by atoms with Gasteiger partial charge in [0.05, 0.1) is 12.2 Å². The summed E-state index contributed by atoms with van der Waals surface area (Å²) in [6.07, 6.45) is 0. The van der Waals surface area contributed by atoms with Crippen LogP contribution in [0, 0.1) is 0 Å². The lowest BCUT2D eigenvalue weighted by Gasteiger charge is -2.13. The molecule has 0 heterocycles. The summed E-state index contributed by atoms with van der Waals surface area (Å²) in [6, 6.07) is 27.0. The number of para-hydroxylation sites is 3. The van der Waals surface area contributed by atoms with Gasteiger partial charge < -0.3 is 15.4 Å². The molecule has 4 nitrogen and oxygen atoms in total. The second-order valence-corrected chi connectivity index (χ2v) is 5.54. The topological polar surface area (TPSA) is 50.4 Å². The Hall–Kier alpha value is -3.27. The van der Waals surface area contributed by atoms with Gasteiger partial charge in [0.2, 0.25) is 5.91 Å². The van der Waals surface area contributed by atoms with Crippen molar-refractivity contribution in [1.29, 1.82) is 0 Å². The van der Waals surface area contributed by atoms with E-state index in [1.54, 1.807) is 0 Å². The van der Waals surface area contributed by atoms with E-state index in [2.05, 4.69) is 10.6 Å². The summed E-state index contributed by atoms with van der Waals surface area (Å²) in [5.74, 6) is 0.527. The molecule has 3 aromatic rings. The van der Waals surface area contributed by atoms with Crippen LogP contribution < -0.4 is 15.4 Å². The summed E-state index contributed by atoms with van der Waals surface area (Å²) in [7, 11) is 0. The molecule has 0 fully saturated rings. The number of hydrogen-bond acceptors (Lipinski definition) is 3. The molecule has 1 amide bonds. The molecule has 3 rings (SSSR count). The number of benzene rings is 3. The van der Waals surface area contributed by atoms with Crippen LogP contribution in [0.1, 0.15) is 5.56 Å². The number of carbonyl (C=O) groups is 1. The van der Waals surface area contributed by atoms with Gasteiger partial charge in [-0.1, -0.05) is 60.7 Å². The van der Waals surface area contributed by atoms with Crippen LogP contribution in [0.5, 0.6) is 5.75 Å². The first-order valence-electron chi connectivity index (χ1n) is 8.16. The first-order valence-corrected chi connectivity index (χ1v) is 8.16. The largest absolute Gasteiger partial charge is 0.487 e. The Bertz CT molecular complexity index is 804. The van der Waals surface area contributed by atoms with E-state index in [4.69, 9.17) is 4.74 Å². The molecule has 0 saturated carbocycles. The van der Waals surface area contributed by atoms with E-state index in [-0.39, 0.29) is 12.5 Å². The summed E-state index contributed by atoms with van der Waals surface area (Å²) < 4.78 is 5.85. The Morgan fingerprint density at radius 3 is 2.20 bits per heavy atom. The van der Waals surface area contributed by atoms with Crippen LogP contribution in [0.25, 0.3) is 0 Å². The van der Waals surface area contributed by atoms with E-state index in [1.165, 1.54) is 0 Å². The zero-order valence-corrected chi connectivity index (χ0v) is 13.8. The normalized spacial score (nSPS) is 10.1. The predicted molar refractivity (Wildman–Crippen MR) is 101 cm³/mol. The van der Waals surface area contributed by atoms with Gasteiger partial charge in [-0.2, -0.15) is 0 Å². The van der Waals surface area contributed by atoms with Crippen LogP contribution >= 0.6 is 0 Å². The highest BCUT2D eigenvalue weighted by atomic mass is 16.5. The van der Waals surface area contributed by atoms with Gasteiger partial charge in [-0.15, -0.1) is 0 Å². The highest BCUT2D eigenvalue weighted by Gasteiger charge is 2.07. The lowest BCUT2D eigenvalue weighted by atomic mass is 10.2. The zero-order valence-electron chi connectivity index (χ0n) is 13.8. The molecule has 4 heteroatoms. The molecule has 3 aromatic carbocycles. The minimum absolute atomic E-state index is 0.125. The van der Waals surface area contributed by atoms with Crippen LogP contribution in [0.2, 0.25) is 0 Å². The van der Waals surface area contributed by atoms with Crippen LogP contribution in [0.15, 0.2) is 84.9 Å². The van der Waals surface area contributed by atoms with Gasteiger partial charge in [0, 0.05) is 5.69 Å². The summed E-state index contributed by atoms with van der Waals surface area (Å²) in [5, 5.41) is 5.98. The lowest BCUT2D eigenvalue weighted by molar-refractivity contribution is -0.114. The average Bonchev–Trinajstić information content (AvgIpc) is 2.67. The number of hydrogen-bond donors (Lipinski definition) is 2.